The largest absolute Gasteiger partial charge is 0.478 e. The number of aromatic amines is 1. The van der Waals surface area contributed by atoms with Gasteiger partial charge in [0.05, 0.1) is 11.3 Å². The molecule has 1 heterocycles. The van der Waals surface area contributed by atoms with Gasteiger partial charge in [-0.1, -0.05) is 6.07 Å². The van der Waals surface area contributed by atoms with Gasteiger partial charge in [0.2, 0.25) is 0 Å². The molecule has 0 aliphatic heterocycles. The van der Waals surface area contributed by atoms with E-state index in [1.54, 1.807) is 24.4 Å². The van der Waals surface area contributed by atoms with E-state index >= 15 is 0 Å². The Labute approximate surface area is 93.0 Å². The summed E-state index contributed by atoms with van der Waals surface area (Å²) in [6, 6.07) is 5.04. The molecule has 0 aliphatic rings. The summed E-state index contributed by atoms with van der Waals surface area (Å²) in [7, 11) is 0. The molecule has 0 aliphatic carbocycles. The smallest absolute Gasteiger partial charge is 0.335 e. The maximum absolute atomic E-state index is 10.9. The van der Waals surface area contributed by atoms with E-state index in [1.807, 2.05) is 13.8 Å². The van der Waals surface area contributed by atoms with Crippen LogP contribution < -0.4 is 0 Å². The number of aromatic nitrogens is 2. The molecule has 0 radical (unpaired) electrons. The van der Waals surface area contributed by atoms with Crippen molar-refractivity contribution in [2.75, 3.05) is 0 Å². The van der Waals surface area contributed by atoms with Gasteiger partial charge >= 0.3 is 5.97 Å². The SMILES string of the molecule is Cc1nc(-c2cc(C(=O)O)ccc2C)c[nH]1. The van der Waals surface area contributed by atoms with Crippen molar-refractivity contribution in [1.82, 2.24) is 9.97 Å². The first-order valence-corrected chi connectivity index (χ1v) is 4.94. The maximum atomic E-state index is 10.9. The third kappa shape index (κ3) is 1.82. The minimum absolute atomic E-state index is 0.279. The summed E-state index contributed by atoms with van der Waals surface area (Å²) < 4.78 is 0. The second kappa shape index (κ2) is 3.81. The van der Waals surface area contributed by atoms with Crippen molar-refractivity contribution in [3.05, 3.63) is 41.3 Å². The van der Waals surface area contributed by atoms with Crippen LogP contribution in [-0.4, -0.2) is 21.0 Å². The van der Waals surface area contributed by atoms with Crippen LogP contribution in [0.2, 0.25) is 0 Å². The summed E-state index contributed by atoms with van der Waals surface area (Å²) in [6.45, 7) is 3.80. The van der Waals surface area contributed by atoms with Gasteiger partial charge < -0.3 is 10.1 Å². The van der Waals surface area contributed by atoms with Crippen molar-refractivity contribution >= 4 is 5.97 Å². The molecule has 0 unspecified atom stereocenters. The standard InChI is InChI=1S/C12H12N2O2/c1-7-3-4-9(12(15)16)5-10(7)11-6-13-8(2)14-11/h3-6H,1-2H3,(H,13,14)(H,15,16). The van der Waals surface area contributed by atoms with Gasteiger partial charge in [0.15, 0.2) is 0 Å². The Morgan fingerprint density at radius 3 is 2.69 bits per heavy atom. The van der Waals surface area contributed by atoms with Gasteiger partial charge in [0.1, 0.15) is 5.82 Å². The summed E-state index contributed by atoms with van der Waals surface area (Å²) >= 11 is 0. The fraction of sp³-hybridized carbons (Fsp3) is 0.167. The number of nitrogens with one attached hydrogen (secondary N) is 1. The third-order valence-corrected chi connectivity index (χ3v) is 2.47. The summed E-state index contributed by atoms with van der Waals surface area (Å²) in [5.41, 5.74) is 2.92. The van der Waals surface area contributed by atoms with Crippen LogP contribution in [0.5, 0.6) is 0 Å². The molecule has 4 heteroatoms. The third-order valence-electron chi connectivity index (χ3n) is 2.47. The van der Waals surface area contributed by atoms with E-state index in [0.717, 1.165) is 22.6 Å². The lowest BCUT2D eigenvalue weighted by Gasteiger charge is -2.03. The molecule has 0 fully saturated rings. The number of aromatic carboxylic acids is 1. The molecule has 1 aromatic carbocycles. The number of nitrogens with zero attached hydrogens (tertiary/aromatic N) is 1. The summed E-state index contributed by atoms with van der Waals surface area (Å²) in [6.07, 6.45) is 1.78. The predicted molar refractivity (Wildman–Crippen MR) is 60.5 cm³/mol. The summed E-state index contributed by atoms with van der Waals surface area (Å²) in [5.74, 6) is -0.108. The highest BCUT2D eigenvalue weighted by atomic mass is 16.4. The molecule has 2 aromatic rings. The molecule has 0 atom stereocenters. The number of benzene rings is 1. The van der Waals surface area contributed by atoms with Crippen LogP contribution in [-0.2, 0) is 0 Å². The van der Waals surface area contributed by atoms with E-state index in [0.29, 0.717) is 0 Å². The van der Waals surface area contributed by atoms with Crippen molar-refractivity contribution in [2.24, 2.45) is 0 Å². The lowest BCUT2D eigenvalue weighted by molar-refractivity contribution is 0.0697. The second-order valence-electron chi connectivity index (χ2n) is 3.71. The number of hydrogen-bond donors (Lipinski definition) is 2. The monoisotopic (exact) mass is 216 g/mol. The van der Waals surface area contributed by atoms with Gasteiger partial charge in [-0.05, 0) is 31.5 Å². The van der Waals surface area contributed by atoms with Crippen molar-refractivity contribution in [3.8, 4) is 11.3 Å². The van der Waals surface area contributed by atoms with E-state index in [2.05, 4.69) is 9.97 Å². The minimum atomic E-state index is -0.923. The molecule has 4 nitrogen and oxygen atoms in total. The van der Waals surface area contributed by atoms with E-state index in [4.69, 9.17) is 5.11 Å². The molecule has 16 heavy (non-hydrogen) atoms. The van der Waals surface area contributed by atoms with E-state index in [-0.39, 0.29) is 5.56 Å². The van der Waals surface area contributed by atoms with Gasteiger partial charge in [-0.3, -0.25) is 0 Å². The number of carboxylic acids is 1. The lowest BCUT2D eigenvalue weighted by Crippen LogP contribution is -1.97. The zero-order valence-corrected chi connectivity index (χ0v) is 9.11. The number of carboxylic acid groups (broad SMARTS) is 1. The zero-order chi connectivity index (χ0) is 11.7. The van der Waals surface area contributed by atoms with E-state index < -0.39 is 5.97 Å². The number of rotatable bonds is 2. The first-order chi connectivity index (χ1) is 7.58. The Hall–Kier alpha value is -2.10. The summed E-state index contributed by atoms with van der Waals surface area (Å²) in [4.78, 5) is 18.2. The molecule has 2 rings (SSSR count). The first kappa shape index (κ1) is 10.4. The van der Waals surface area contributed by atoms with E-state index in [1.165, 1.54) is 0 Å². The minimum Gasteiger partial charge on any atom is -0.478 e. The molecule has 2 N–H and O–H groups in total. The zero-order valence-electron chi connectivity index (χ0n) is 9.11. The first-order valence-electron chi connectivity index (χ1n) is 4.94. The molecular formula is C12H12N2O2. The molecule has 0 bridgehead atoms. The maximum Gasteiger partial charge on any atom is 0.335 e. The molecule has 1 aromatic heterocycles. The quantitative estimate of drug-likeness (QED) is 0.810. The number of imidazole rings is 1. The van der Waals surface area contributed by atoms with Crippen molar-refractivity contribution in [1.29, 1.82) is 0 Å². The Kier molecular flexibility index (Phi) is 2.48. The van der Waals surface area contributed by atoms with Gasteiger partial charge in [0, 0.05) is 11.8 Å². The number of aryl methyl sites for hydroxylation is 2. The number of hydrogen-bond acceptors (Lipinski definition) is 2. The molecule has 82 valence electrons. The van der Waals surface area contributed by atoms with Crippen molar-refractivity contribution < 1.29 is 9.90 Å². The molecule has 0 saturated heterocycles. The predicted octanol–water partition coefficient (Wildman–Crippen LogP) is 2.39. The molecule has 0 saturated carbocycles. The highest BCUT2D eigenvalue weighted by molar-refractivity contribution is 5.89. The second-order valence-corrected chi connectivity index (χ2v) is 3.71. The van der Waals surface area contributed by atoms with E-state index in [9.17, 15) is 4.79 Å². The van der Waals surface area contributed by atoms with Crippen LogP contribution in [0.4, 0.5) is 0 Å². The van der Waals surface area contributed by atoms with Gasteiger partial charge in [-0.15, -0.1) is 0 Å². The van der Waals surface area contributed by atoms with Crippen LogP contribution in [0.3, 0.4) is 0 Å². The van der Waals surface area contributed by atoms with Crippen LogP contribution in [0.1, 0.15) is 21.7 Å². The molecule has 0 spiro atoms. The fourth-order valence-corrected chi connectivity index (χ4v) is 1.59. The van der Waals surface area contributed by atoms with Gasteiger partial charge in [0.25, 0.3) is 0 Å². The Morgan fingerprint density at radius 2 is 2.12 bits per heavy atom. The molecule has 0 amide bonds. The highest BCUT2D eigenvalue weighted by Crippen LogP contribution is 2.22. The molecular weight excluding hydrogens is 204 g/mol. The number of carbonyl (C=O) groups is 1. The number of H-pyrrole nitrogens is 1. The van der Waals surface area contributed by atoms with Gasteiger partial charge in [-0.25, -0.2) is 9.78 Å². The average Bonchev–Trinajstić information content (AvgIpc) is 2.65. The fourth-order valence-electron chi connectivity index (χ4n) is 1.59. The Bertz CT molecular complexity index is 544. The summed E-state index contributed by atoms with van der Waals surface area (Å²) in [5, 5.41) is 8.92. The topological polar surface area (TPSA) is 66.0 Å². The van der Waals surface area contributed by atoms with Gasteiger partial charge in [-0.2, -0.15) is 0 Å². The van der Waals surface area contributed by atoms with Crippen LogP contribution in [0.25, 0.3) is 11.3 Å². The normalized spacial score (nSPS) is 10.4. The Balaban J connectivity index is 2.55. The highest BCUT2D eigenvalue weighted by Gasteiger charge is 2.09. The van der Waals surface area contributed by atoms with Crippen molar-refractivity contribution in [3.63, 3.8) is 0 Å². The Morgan fingerprint density at radius 1 is 1.38 bits per heavy atom. The van der Waals surface area contributed by atoms with Crippen molar-refractivity contribution in [2.45, 2.75) is 13.8 Å². The lowest BCUT2D eigenvalue weighted by atomic mass is 10.0. The van der Waals surface area contributed by atoms with Crippen LogP contribution >= 0.6 is 0 Å². The van der Waals surface area contributed by atoms with Crippen LogP contribution in [0, 0.1) is 13.8 Å². The average molecular weight is 216 g/mol. The van der Waals surface area contributed by atoms with Crippen LogP contribution in [0.15, 0.2) is 24.4 Å².